The average Bonchev–Trinajstić information content (AvgIpc) is 2.02. The Morgan fingerprint density at radius 3 is 2.42 bits per heavy atom. The van der Waals surface area contributed by atoms with Gasteiger partial charge in [-0.05, 0) is 44.8 Å². The lowest BCUT2D eigenvalue weighted by molar-refractivity contribution is 0.0545. The third-order valence-electron chi connectivity index (χ3n) is 3.53. The van der Waals surface area contributed by atoms with E-state index in [2.05, 4.69) is 4.90 Å². The Hall–Kier alpha value is -0.0800. The van der Waals surface area contributed by atoms with Crippen LogP contribution in [-0.4, -0.2) is 30.6 Å². The topological polar surface area (TPSA) is 29.3 Å². The van der Waals surface area contributed by atoms with Crippen molar-refractivity contribution >= 4 is 0 Å². The SMILES string of the molecule is NCC1CCCCC1N1CCC1. The Bertz CT molecular complexity index is 143. The summed E-state index contributed by atoms with van der Waals surface area (Å²) >= 11 is 0. The molecule has 2 nitrogen and oxygen atoms in total. The van der Waals surface area contributed by atoms with Crippen LogP contribution in [0.25, 0.3) is 0 Å². The zero-order chi connectivity index (χ0) is 8.39. The zero-order valence-electron chi connectivity index (χ0n) is 7.84. The van der Waals surface area contributed by atoms with Crippen LogP contribution >= 0.6 is 0 Å². The monoisotopic (exact) mass is 168 g/mol. The van der Waals surface area contributed by atoms with Gasteiger partial charge in [-0.2, -0.15) is 0 Å². The minimum Gasteiger partial charge on any atom is -0.330 e. The van der Waals surface area contributed by atoms with E-state index in [4.69, 9.17) is 5.73 Å². The highest BCUT2D eigenvalue weighted by molar-refractivity contribution is 4.87. The zero-order valence-corrected chi connectivity index (χ0v) is 7.84. The van der Waals surface area contributed by atoms with Gasteiger partial charge in [0.25, 0.3) is 0 Å². The summed E-state index contributed by atoms with van der Waals surface area (Å²) < 4.78 is 0. The fourth-order valence-electron chi connectivity index (χ4n) is 2.62. The lowest BCUT2D eigenvalue weighted by Gasteiger charge is -2.44. The number of hydrogen-bond acceptors (Lipinski definition) is 2. The highest BCUT2D eigenvalue weighted by Crippen LogP contribution is 2.30. The van der Waals surface area contributed by atoms with Crippen molar-refractivity contribution in [3.63, 3.8) is 0 Å². The summed E-state index contributed by atoms with van der Waals surface area (Å²) in [4.78, 5) is 2.64. The molecule has 1 heterocycles. The molecule has 0 amide bonds. The van der Waals surface area contributed by atoms with Crippen molar-refractivity contribution in [2.45, 2.75) is 38.1 Å². The molecule has 2 rings (SSSR count). The van der Waals surface area contributed by atoms with E-state index in [1.54, 1.807) is 0 Å². The second-order valence-corrected chi connectivity index (χ2v) is 4.24. The molecule has 2 heteroatoms. The number of hydrogen-bond donors (Lipinski definition) is 1. The number of rotatable bonds is 2. The molecule has 0 aromatic carbocycles. The van der Waals surface area contributed by atoms with Crippen molar-refractivity contribution in [3.05, 3.63) is 0 Å². The van der Waals surface area contributed by atoms with E-state index < -0.39 is 0 Å². The summed E-state index contributed by atoms with van der Waals surface area (Å²) in [6.07, 6.45) is 7.02. The summed E-state index contributed by atoms with van der Waals surface area (Å²) in [5, 5.41) is 0. The summed E-state index contributed by atoms with van der Waals surface area (Å²) in [6.45, 7) is 3.57. The van der Waals surface area contributed by atoms with Crippen LogP contribution in [0.15, 0.2) is 0 Å². The van der Waals surface area contributed by atoms with Gasteiger partial charge in [0.2, 0.25) is 0 Å². The van der Waals surface area contributed by atoms with Crippen molar-refractivity contribution in [2.75, 3.05) is 19.6 Å². The highest BCUT2D eigenvalue weighted by Gasteiger charge is 2.31. The average molecular weight is 168 g/mol. The number of nitrogens with two attached hydrogens (primary N) is 1. The first kappa shape index (κ1) is 8.52. The van der Waals surface area contributed by atoms with Crippen LogP contribution in [0.4, 0.5) is 0 Å². The summed E-state index contributed by atoms with van der Waals surface area (Å²) in [6, 6.07) is 0.845. The maximum Gasteiger partial charge on any atom is 0.0136 e. The molecule has 70 valence electrons. The van der Waals surface area contributed by atoms with Gasteiger partial charge >= 0.3 is 0 Å². The Labute approximate surface area is 75.1 Å². The fraction of sp³-hybridized carbons (Fsp3) is 1.00. The van der Waals surface area contributed by atoms with Crippen LogP contribution in [-0.2, 0) is 0 Å². The molecular formula is C10H20N2. The van der Waals surface area contributed by atoms with Crippen molar-refractivity contribution in [2.24, 2.45) is 11.7 Å². The molecule has 0 radical (unpaired) electrons. The Morgan fingerprint density at radius 1 is 1.08 bits per heavy atom. The normalized spacial score (nSPS) is 37.8. The molecule has 2 unspecified atom stereocenters. The van der Waals surface area contributed by atoms with Crippen LogP contribution in [0.2, 0.25) is 0 Å². The van der Waals surface area contributed by atoms with Crippen LogP contribution in [0, 0.1) is 5.92 Å². The third kappa shape index (κ3) is 1.50. The van der Waals surface area contributed by atoms with Gasteiger partial charge in [0.05, 0.1) is 0 Å². The first-order chi connectivity index (χ1) is 5.92. The Morgan fingerprint density at radius 2 is 1.83 bits per heavy atom. The molecule has 1 aliphatic heterocycles. The predicted octanol–water partition coefficient (Wildman–Crippen LogP) is 1.21. The van der Waals surface area contributed by atoms with E-state index in [-0.39, 0.29) is 0 Å². The maximum absolute atomic E-state index is 5.78. The van der Waals surface area contributed by atoms with Gasteiger partial charge in [-0.1, -0.05) is 12.8 Å². The Balaban J connectivity index is 1.90. The van der Waals surface area contributed by atoms with Gasteiger partial charge in [0.1, 0.15) is 0 Å². The van der Waals surface area contributed by atoms with Gasteiger partial charge in [0.15, 0.2) is 0 Å². The van der Waals surface area contributed by atoms with Gasteiger partial charge in [-0.15, -0.1) is 0 Å². The molecule has 0 aromatic rings. The van der Waals surface area contributed by atoms with Gasteiger partial charge < -0.3 is 5.73 Å². The van der Waals surface area contributed by atoms with Crippen LogP contribution < -0.4 is 5.73 Å². The first-order valence-corrected chi connectivity index (χ1v) is 5.36. The lowest BCUT2D eigenvalue weighted by Crippen LogP contribution is -2.51. The van der Waals surface area contributed by atoms with Crippen molar-refractivity contribution in [1.82, 2.24) is 4.90 Å². The first-order valence-electron chi connectivity index (χ1n) is 5.36. The van der Waals surface area contributed by atoms with Crippen molar-refractivity contribution in [1.29, 1.82) is 0 Å². The quantitative estimate of drug-likeness (QED) is 0.671. The van der Waals surface area contributed by atoms with Gasteiger partial charge in [-0.3, -0.25) is 4.90 Å². The van der Waals surface area contributed by atoms with Gasteiger partial charge in [-0.25, -0.2) is 0 Å². The minimum atomic E-state index is 0.805. The van der Waals surface area contributed by atoms with E-state index in [0.717, 1.165) is 18.5 Å². The second-order valence-electron chi connectivity index (χ2n) is 4.24. The molecule has 2 aliphatic rings. The van der Waals surface area contributed by atoms with Crippen LogP contribution in [0.3, 0.4) is 0 Å². The third-order valence-corrected chi connectivity index (χ3v) is 3.53. The molecular weight excluding hydrogens is 148 g/mol. The molecule has 1 aliphatic carbocycles. The van der Waals surface area contributed by atoms with Crippen molar-refractivity contribution < 1.29 is 0 Å². The van der Waals surface area contributed by atoms with E-state index in [1.807, 2.05) is 0 Å². The summed E-state index contributed by atoms with van der Waals surface area (Å²) in [5.41, 5.74) is 5.78. The van der Waals surface area contributed by atoms with Gasteiger partial charge in [0, 0.05) is 6.04 Å². The largest absolute Gasteiger partial charge is 0.330 e. The van der Waals surface area contributed by atoms with Crippen LogP contribution in [0.1, 0.15) is 32.1 Å². The molecule has 12 heavy (non-hydrogen) atoms. The van der Waals surface area contributed by atoms with E-state index >= 15 is 0 Å². The molecule has 1 saturated heterocycles. The molecule has 0 bridgehead atoms. The second kappa shape index (κ2) is 3.75. The van der Waals surface area contributed by atoms with E-state index in [9.17, 15) is 0 Å². The Kier molecular flexibility index (Phi) is 2.66. The molecule has 2 N–H and O–H groups in total. The standard InChI is InChI=1S/C10H20N2/c11-8-9-4-1-2-5-10(9)12-6-3-7-12/h9-10H,1-8,11H2. The minimum absolute atomic E-state index is 0.805. The molecule has 2 atom stereocenters. The van der Waals surface area contributed by atoms with E-state index in [0.29, 0.717) is 0 Å². The fourth-order valence-corrected chi connectivity index (χ4v) is 2.62. The number of nitrogens with zero attached hydrogens (tertiary/aromatic N) is 1. The molecule has 0 spiro atoms. The molecule has 1 saturated carbocycles. The predicted molar refractivity (Wildman–Crippen MR) is 51.0 cm³/mol. The molecule has 0 aromatic heterocycles. The maximum atomic E-state index is 5.78. The number of likely N-dealkylation sites (tertiary alicyclic amines) is 1. The lowest BCUT2D eigenvalue weighted by atomic mass is 9.82. The summed E-state index contributed by atoms with van der Waals surface area (Å²) in [7, 11) is 0. The van der Waals surface area contributed by atoms with Crippen molar-refractivity contribution in [3.8, 4) is 0 Å². The summed E-state index contributed by atoms with van der Waals surface area (Å²) in [5.74, 6) is 0.805. The van der Waals surface area contributed by atoms with E-state index in [1.165, 1.54) is 45.2 Å². The highest BCUT2D eigenvalue weighted by atomic mass is 15.2. The smallest absolute Gasteiger partial charge is 0.0136 e. The van der Waals surface area contributed by atoms with Crippen LogP contribution in [0.5, 0.6) is 0 Å². The molecule has 2 fully saturated rings.